The van der Waals surface area contributed by atoms with Crippen LogP contribution in [0, 0.1) is 0 Å². The molecule has 2 amide bonds. The van der Waals surface area contributed by atoms with Crippen LogP contribution in [0.5, 0.6) is 0 Å². The third-order valence-corrected chi connectivity index (χ3v) is 6.71. The van der Waals surface area contributed by atoms with E-state index in [0.717, 1.165) is 0 Å². The Balaban J connectivity index is 1.82. The second-order valence-corrected chi connectivity index (χ2v) is 12.4. The molecule has 3 rings (SSSR count). The summed E-state index contributed by atoms with van der Waals surface area (Å²) in [5.41, 5.74) is -0.325. The average molecular weight is 628 g/mol. The molecule has 0 aliphatic carbocycles. The van der Waals surface area contributed by atoms with Crippen LogP contribution in [0.4, 0.5) is 4.79 Å². The summed E-state index contributed by atoms with van der Waals surface area (Å²) in [6.07, 6.45) is -0.119. The van der Waals surface area contributed by atoms with Crippen molar-refractivity contribution in [2.24, 2.45) is 0 Å². The van der Waals surface area contributed by atoms with Gasteiger partial charge in [-0.15, -0.1) is 5.06 Å². The van der Waals surface area contributed by atoms with Gasteiger partial charge in [0.2, 0.25) is 5.91 Å². The first-order valence-electron chi connectivity index (χ1n) is 15.2. The number of aliphatic hydroxyl groups is 1. The molecule has 1 aliphatic rings. The summed E-state index contributed by atoms with van der Waals surface area (Å²) in [5, 5.41) is 14.5. The molecule has 13 nitrogen and oxygen atoms in total. The Bertz CT molecular complexity index is 1320. The molecular formula is C32H45N5O8. The maximum atomic E-state index is 13.7. The van der Waals surface area contributed by atoms with E-state index in [1.807, 2.05) is 30.3 Å². The first kappa shape index (κ1) is 35.4. The lowest BCUT2D eigenvalue weighted by molar-refractivity contribution is -0.158. The number of piperazine rings is 1. The predicted molar refractivity (Wildman–Crippen MR) is 165 cm³/mol. The number of hydroxylamine groups is 2. The molecule has 1 fully saturated rings. The van der Waals surface area contributed by atoms with Gasteiger partial charge in [0.05, 0.1) is 25.3 Å². The summed E-state index contributed by atoms with van der Waals surface area (Å²) >= 11 is 0. The molecule has 0 saturated carbocycles. The highest BCUT2D eigenvalue weighted by Crippen LogP contribution is 2.19. The van der Waals surface area contributed by atoms with E-state index in [0.29, 0.717) is 29.9 Å². The van der Waals surface area contributed by atoms with E-state index in [-0.39, 0.29) is 57.2 Å². The van der Waals surface area contributed by atoms with Gasteiger partial charge in [-0.25, -0.2) is 14.8 Å². The summed E-state index contributed by atoms with van der Waals surface area (Å²) in [4.78, 5) is 67.4. The number of aromatic nitrogens is 2. The quantitative estimate of drug-likeness (QED) is 0.332. The lowest BCUT2D eigenvalue weighted by Crippen LogP contribution is -2.55. The van der Waals surface area contributed by atoms with Crippen molar-refractivity contribution >= 4 is 23.9 Å². The van der Waals surface area contributed by atoms with Crippen molar-refractivity contribution in [2.45, 2.75) is 84.5 Å². The van der Waals surface area contributed by atoms with E-state index >= 15 is 0 Å². The molecule has 1 aromatic carbocycles. The number of hydrogen-bond donors (Lipinski definition) is 2. The Morgan fingerprint density at radius 1 is 1.00 bits per heavy atom. The fourth-order valence-electron chi connectivity index (χ4n) is 4.51. The van der Waals surface area contributed by atoms with Gasteiger partial charge in [-0.2, -0.15) is 0 Å². The van der Waals surface area contributed by atoms with Gasteiger partial charge in [0, 0.05) is 30.8 Å². The molecule has 45 heavy (non-hydrogen) atoms. The number of esters is 1. The van der Waals surface area contributed by atoms with Crippen molar-refractivity contribution in [3.63, 3.8) is 0 Å². The Hall–Kier alpha value is -4.10. The second-order valence-electron chi connectivity index (χ2n) is 12.4. The molecule has 0 unspecified atom stereocenters. The van der Waals surface area contributed by atoms with Crippen LogP contribution in [-0.4, -0.2) is 99.0 Å². The maximum absolute atomic E-state index is 13.7. The third-order valence-electron chi connectivity index (χ3n) is 6.71. The smallest absolute Gasteiger partial charge is 0.460 e. The van der Waals surface area contributed by atoms with Crippen LogP contribution in [0.2, 0.25) is 0 Å². The van der Waals surface area contributed by atoms with E-state index in [9.17, 15) is 24.3 Å². The molecule has 246 valence electrons. The number of nitrogens with zero attached hydrogens (tertiary/aromatic N) is 4. The lowest BCUT2D eigenvalue weighted by atomic mass is 10.0. The summed E-state index contributed by atoms with van der Waals surface area (Å²) in [6.45, 7) is 11.4. The third kappa shape index (κ3) is 12.1. The molecule has 2 aromatic rings. The molecule has 13 heteroatoms. The lowest BCUT2D eigenvalue weighted by Gasteiger charge is -2.35. The van der Waals surface area contributed by atoms with Gasteiger partial charge in [-0.1, -0.05) is 30.3 Å². The van der Waals surface area contributed by atoms with Crippen LogP contribution in [0.1, 0.15) is 77.0 Å². The monoisotopic (exact) mass is 627 g/mol. The fourth-order valence-corrected chi connectivity index (χ4v) is 4.51. The molecule has 0 spiro atoms. The largest absolute Gasteiger partial charge is 0.527 e. The average Bonchev–Trinajstić information content (AvgIpc) is 2.97. The van der Waals surface area contributed by atoms with Crippen molar-refractivity contribution in [2.75, 3.05) is 32.8 Å². The van der Waals surface area contributed by atoms with E-state index in [1.165, 1.54) is 5.06 Å². The predicted octanol–water partition coefficient (Wildman–Crippen LogP) is 3.30. The van der Waals surface area contributed by atoms with E-state index < -0.39 is 35.3 Å². The summed E-state index contributed by atoms with van der Waals surface area (Å²) in [7, 11) is 0. The highest BCUT2D eigenvalue weighted by molar-refractivity contribution is 5.96. The normalized spacial score (nSPS) is 14.8. The molecule has 0 radical (unpaired) electrons. The van der Waals surface area contributed by atoms with Crippen molar-refractivity contribution in [1.29, 1.82) is 0 Å². The van der Waals surface area contributed by atoms with Gasteiger partial charge in [0.1, 0.15) is 17.3 Å². The minimum absolute atomic E-state index is 0.00120. The van der Waals surface area contributed by atoms with E-state index in [2.05, 4.69) is 15.3 Å². The number of carbonyl (C=O) groups excluding carboxylic acids is 4. The molecule has 2 heterocycles. The SMILES string of the molecule is CCOC(=O)ON1CCN(C(=O)[C@H](CCC(=O)OC(C)(C)C)NC(=O)c2cc(CCC(C)(C)O)nc(-c3ccccc3)n2)CC1. The highest BCUT2D eigenvalue weighted by Gasteiger charge is 2.32. The number of ether oxygens (including phenoxy) is 2. The van der Waals surface area contributed by atoms with Crippen LogP contribution in [0.3, 0.4) is 0 Å². The topological polar surface area (TPSA) is 160 Å². The van der Waals surface area contributed by atoms with E-state index in [1.54, 1.807) is 52.5 Å². The first-order chi connectivity index (χ1) is 21.1. The zero-order valence-corrected chi connectivity index (χ0v) is 27.0. The van der Waals surface area contributed by atoms with E-state index in [4.69, 9.17) is 14.3 Å². The molecule has 1 saturated heterocycles. The Morgan fingerprint density at radius 2 is 1.67 bits per heavy atom. The minimum atomic E-state index is -1.06. The van der Waals surface area contributed by atoms with Crippen molar-refractivity contribution < 1.29 is 38.6 Å². The van der Waals surface area contributed by atoms with Gasteiger partial charge in [0.25, 0.3) is 5.91 Å². The number of hydrogen-bond acceptors (Lipinski definition) is 11. The molecule has 1 aliphatic heterocycles. The molecule has 1 atom stereocenters. The Morgan fingerprint density at radius 3 is 2.27 bits per heavy atom. The van der Waals surface area contributed by atoms with Crippen LogP contribution in [-0.2, 0) is 30.3 Å². The summed E-state index contributed by atoms with van der Waals surface area (Å²) in [5.74, 6) is -1.15. The zero-order valence-electron chi connectivity index (χ0n) is 27.0. The molecule has 0 bridgehead atoms. The van der Waals surface area contributed by atoms with Gasteiger partial charge >= 0.3 is 12.1 Å². The number of rotatable bonds is 12. The zero-order chi connectivity index (χ0) is 33.2. The van der Waals surface area contributed by atoms with Crippen LogP contribution in [0.15, 0.2) is 36.4 Å². The standard InChI is InChI=1S/C32H45N5O8/c1-7-43-30(41)45-37-19-17-36(18-20-37)29(40)24(13-14-26(38)44-31(2,3)4)35-28(39)25-21-23(15-16-32(5,6)42)33-27(34-25)22-11-9-8-10-12-22/h8-12,21,24,42H,7,13-20H2,1-6H3,(H,35,39)/t24-/m0/s1. The number of aryl methyl sites for hydroxylation is 1. The van der Waals surface area contributed by atoms with Crippen LogP contribution in [0.25, 0.3) is 11.4 Å². The van der Waals surface area contributed by atoms with Crippen molar-refractivity contribution in [3.8, 4) is 11.4 Å². The Labute approximate surface area is 264 Å². The maximum Gasteiger partial charge on any atom is 0.527 e. The van der Waals surface area contributed by atoms with Gasteiger partial charge < -0.3 is 29.6 Å². The Kier molecular flexibility index (Phi) is 12.4. The van der Waals surface area contributed by atoms with Gasteiger partial charge in [-0.3, -0.25) is 14.4 Å². The van der Waals surface area contributed by atoms with Gasteiger partial charge in [0.15, 0.2) is 5.82 Å². The number of benzene rings is 1. The highest BCUT2D eigenvalue weighted by atomic mass is 16.8. The second kappa shape index (κ2) is 15.8. The van der Waals surface area contributed by atoms with Crippen LogP contribution < -0.4 is 5.32 Å². The number of carbonyl (C=O) groups is 4. The van der Waals surface area contributed by atoms with Gasteiger partial charge in [-0.05, 0) is 66.9 Å². The summed E-state index contributed by atoms with van der Waals surface area (Å²) in [6, 6.07) is 9.69. The molecule has 1 aromatic heterocycles. The number of nitrogens with one attached hydrogen (secondary N) is 1. The summed E-state index contributed by atoms with van der Waals surface area (Å²) < 4.78 is 10.2. The first-order valence-corrected chi connectivity index (χ1v) is 15.2. The molecular weight excluding hydrogens is 582 g/mol. The van der Waals surface area contributed by atoms with Crippen LogP contribution >= 0.6 is 0 Å². The number of amides is 2. The van der Waals surface area contributed by atoms with Crippen molar-refractivity contribution in [1.82, 2.24) is 25.2 Å². The minimum Gasteiger partial charge on any atom is -0.460 e. The van der Waals surface area contributed by atoms with Crippen molar-refractivity contribution in [3.05, 3.63) is 47.8 Å². The fraction of sp³-hybridized carbons (Fsp3) is 0.562. The molecule has 2 N–H and O–H groups in total.